The molecule has 0 unspecified atom stereocenters. The van der Waals surface area contributed by atoms with E-state index >= 15 is 0 Å². The third kappa shape index (κ3) is 1.89. The van der Waals surface area contributed by atoms with Gasteiger partial charge in [0.15, 0.2) is 0 Å². The van der Waals surface area contributed by atoms with E-state index in [2.05, 4.69) is 23.2 Å². The van der Waals surface area contributed by atoms with E-state index in [0.717, 1.165) is 24.2 Å². The second kappa shape index (κ2) is 4.83. The Hall–Kier alpha value is -1.79. The molecule has 3 rings (SSSR count). The predicted octanol–water partition coefficient (Wildman–Crippen LogP) is 1.80. The molecule has 2 N–H and O–H groups in total. The fraction of sp³-hybridized carbons (Fsp3) is 0.400. The van der Waals surface area contributed by atoms with Gasteiger partial charge in [0.1, 0.15) is 6.07 Å². The standard InChI is InChI=1S/C15H17N3/c16-10-15(18-8-4-1-5-9-18)13-11-17-14-7-3-2-6-12(13)14/h2-3,6-7,11,15,17H,1,4-5,8-9H2/p+1/t15-/m0/s1. The number of aromatic nitrogens is 1. The summed E-state index contributed by atoms with van der Waals surface area (Å²) in [5, 5.41) is 10.7. The summed E-state index contributed by atoms with van der Waals surface area (Å²) in [7, 11) is 0. The Morgan fingerprint density at radius 1 is 1.17 bits per heavy atom. The molecule has 0 saturated carbocycles. The average molecular weight is 240 g/mol. The maximum Gasteiger partial charge on any atom is 0.202 e. The van der Waals surface area contributed by atoms with Crippen molar-refractivity contribution in [3.05, 3.63) is 36.0 Å². The van der Waals surface area contributed by atoms with Gasteiger partial charge in [-0.3, -0.25) is 0 Å². The first-order chi connectivity index (χ1) is 8.90. The number of piperidine rings is 1. The van der Waals surface area contributed by atoms with E-state index in [4.69, 9.17) is 0 Å². The van der Waals surface area contributed by atoms with Gasteiger partial charge in [0, 0.05) is 22.7 Å². The van der Waals surface area contributed by atoms with E-state index in [1.165, 1.54) is 29.5 Å². The van der Waals surface area contributed by atoms with Crippen molar-refractivity contribution in [3.63, 3.8) is 0 Å². The van der Waals surface area contributed by atoms with E-state index in [0.29, 0.717) is 0 Å². The number of H-pyrrole nitrogens is 1. The quantitative estimate of drug-likeness (QED) is 0.826. The van der Waals surface area contributed by atoms with Crippen molar-refractivity contribution in [2.75, 3.05) is 13.1 Å². The average Bonchev–Trinajstić information content (AvgIpc) is 2.85. The Kier molecular flexibility index (Phi) is 3.04. The minimum absolute atomic E-state index is 0.0264. The van der Waals surface area contributed by atoms with Gasteiger partial charge >= 0.3 is 0 Å². The lowest BCUT2D eigenvalue weighted by molar-refractivity contribution is -0.927. The third-order valence-corrected chi connectivity index (χ3v) is 3.97. The van der Waals surface area contributed by atoms with Gasteiger partial charge in [-0.15, -0.1) is 0 Å². The largest absolute Gasteiger partial charge is 0.361 e. The summed E-state index contributed by atoms with van der Waals surface area (Å²) in [6.07, 6.45) is 5.82. The molecule has 0 spiro atoms. The number of likely N-dealkylation sites (tertiary alicyclic amines) is 1. The molecule has 1 aromatic carbocycles. The maximum absolute atomic E-state index is 9.52. The number of fused-ring (bicyclic) bond motifs is 1. The molecule has 0 radical (unpaired) electrons. The molecule has 3 heteroatoms. The van der Waals surface area contributed by atoms with Crippen LogP contribution in [-0.2, 0) is 0 Å². The molecule has 1 fully saturated rings. The Morgan fingerprint density at radius 3 is 2.72 bits per heavy atom. The Morgan fingerprint density at radius 2 is 1.94 bits per heavy atom. The van der Waals surface area contributed by atoms with Crippen LogP contribution in [0, 0.1) is 11.3 Å². The van der Waals surface area contributed by atoms with Crippen LogP contribution in [0.15, 0.2) is 30.5 Å². The number of quaternary nitrogens is 1. The number of nitriles is 1. The molecule has 1 aliphatic heterocycles. The highest BCUT2D eigenvalue weighted by atomic mass is 15.2. The number of aromatic amines is 1. The number of hydrogen-bond donors (Lipinski definition) is 2. The molecular weight excluding hydrogens is 222 g/mol. The van der Waals surface area contributed by atoms with E-state index in [-0.39, 0.29) is 6.04 Å². The number of benzene rings is 1. The normalized spacial score (nSPS) is 18.6. The molecule has 2 heterocycles. The number of nitrogens with one attached hydrogen (secondary N) is 2. The summed E-state index contributed by atoms with van der Waals surface area (Å²) in [4.78, 5) is 4.70. The van der Waals surface area contributed by atoms with Crippen molar-refractivity contribution in [1.29, 1.82) is 5.26 Å². The molecular formula is C15H18N3+. The van der Waals surface area contributed by atoms with Crippen LogP contribution >= 0.6 is 0 Å². The van der Waals surface area contributed by atoms with E-state index < -0.39 is 0 Å². The summed E-state index contributed by atoms with van der Waals surface area (Å²) >= 11 is 0. The molecule has 92 valence electrons. The molecule has 0 aliphatic carbocycles. The second-order valence-electron chi connectivity index (χ2n) is 5.07. The molecule has 1 atom stereocenters. The summed E-state index contributed by atoms with van der Waals surface area (Å²) in [5.41, 5.74) is 2.29. The van der Waals surface area contributed by atoms with Gasteiger partial charge in [-0.2, -0.15) is 5.26 Å². The van der Waals surface area contributed by atoms with Crippen LogP contribution in [0.3, 0.4) is 0 Å². The van der Waals surface area contributed by atoms with Crippen LogP contribution in [-0.4, -0.2) is 18.1 Å². The fourth-order valence-electron chi connectivity index (χ4n) is 3.01. The number of para-hydroxylation sites is 1. The second-order valence-corrected chi connectivity index (χ2v) is 5.07. The molecule has 1 aromatic heterocycles. The molecule has 3 nitrogen and oxygen atoms in total. The molecule has 1 aliphatic rings. The molecule has 2 aromatic rings. The number of hydrogen-bond acceptors (Lipinski definition) is 1. The number of nitrogens with zero attached hydrogens (tertiary/aromatic N) is 1. The van der Waals surface area contributed by atoms with Gasteiger partial charge in [-0.25, -0.2) is 0 Å². The molecule has 18 heavy (non-hydrogen) atoms. The van der Waals surface area contributed by atoms with Crippen molar-refractivity contribution in [2.45, 2.75) is 25.3 Å². The van der Waals surface area contributed by atoms with Crippen LogP contribution in [0.25, 0.3) is 10.9 Å². The van der Waals surface area contributed by atoms with Gasteiger partial charge < -0.3 is 9.88 Å². The van der Waals surface area contributed by atoms with Gasteiger partial charge in [0.2, 0.25) is 6.04 Å². The Bertz CT molecular complexity index is 573. The van der Waals surface area contributed by atoms with Crippen LogP contribution in [0.2, 0.25) is 0 Å². The predicted molar refractivity (Wildman–Crippen MR) is 71.2 cm³/mol. The molecule has 0 amide bonds. The lowest BCUT2D eigenvalue weighted by Gasteiger charge is -2.27. The van der Waals surface area contributed by atoms with Gasteiger partial charge in [0.05, 0.1) is 13.1 Å². The lowest BCUT2D eigenvalue weighted by Crippen LogP contribution is -3.13. The first-order valence-electron chi connectivity index (χ1n) is 6.70. The van der Waals surface area contributed by atoms with Crippen molar-refractivity contribution < 1.29 is 4.90 Å². The highest BCUT2D eigenvalue weighted by molar-refractivity contribution is 5.83. The van der Waals surface area contributed by atoms with Gasteiger partial charge in [0.25, 0.3) is 0 Å². The van der Waals surface area contributed by atoms with Crippen LogP contribution in [0.1, 0.15) is 30.9 Å². The van der Waals surface area contributed by atoms with Crippen LogP contribution < -0.4 is 4.90 Å². The first-order valence-corrected chi connectivity index (χ1v) is 6.70. The summed E-state index contributed by atoms with van der Waals surface area (Å²) < 4.78 is 0. The molecule has 0 bridgehead atoms. The lowest BCUT2D eigenvalue weighted by atomic mass is 10.0. The minimum atomic E-state index is -0.0264. The molecule has 1 saturated heterocycles. The fourth-order valence-corrected chi connectivity index (χ4v) is 3.01. The van der Waals surface area contributed by atoms with Gasteiger partial charge in [-0.1, -0.05) is 18.2 Å². The third-order valence-electron chi connectivity index (χ3n) is 3.97. The van der Waals surface area contributed by atoms with Crippen LogP contribution in [0.4, 0.5) is 0 Å². The Labute approximate surface area is 107 Å². The highest BCUT2D eigenvalue weighted by Gasteiger charge is 2.27. The maximum atomic E-state index is 9.52. The Balaban J connectivity index is 1.98. The van der Waals surface area contributed by atoms with E-state index in [9.17, 15) is 5.26 Å². The summed E-state index contributed by atoms with van der Waals surface area (Å²) in [6, 6.07) is 10.7. The SMILES string of the molecule is N#C[C@@H](c1c[nH]c2ccccc12)[NH+]1CCCCC1. The van der Waals surface area contributed by atoms with Crippen LogP contribution in [0.5, 0.6) is 0 Å². The van der Waals surface area contributed by atoms with E-state index in [1.54, 1.807) is 0 Å². The minimum Gasteiger partial charge on any atom is -0.361 e. The topological polar surface area (TPSA) is 44.0 Å². The van der Waals surface area contributed by atoms with Crippen molar-refractivity contribution in [3.8, 4) is 6.07 Å². The smallest absolute Gasteiger partial charge is 0.202 e. The zero-order valence-corrected chi connectivity index (χ0v) is 10.4. The van der Waals surface area contributed by atoms with Gasteiger partial charge in [-0.05, 0) is 25.3 Å². The zero-order chi connectivity index (χ0) is 12.4. The van der Waals surface area contributed by atoms with E-state index in [1.807, 2.05) is 18.3 Å². The van der Waals surface area contributed by atoms with Crippen molar-refractivity contribution >= 4 is 10.9 Å². The highest BCUT2D eigenvalue weighted by Crippen LogP contribution is 2.22. The summed E-state index contributed by atoms with van der Waals surface area (Å²) in [5.74, 6) is 0. The monoisotopic (exact) mass is 240 g/mol. The summed E-state index contributed by atoms with van der Waals surface area (Å²) in [6.45, 7) is 2.25. The van der Waals surface area contributed by atoms with Crippen molar-refractivity contribution in [2.24, 2.45) is 0 Å². The zero-order valence-electron chi connectivity index (χ0n) is 10.4. The first kappa shape index (κ1) is 11.3. The number of rotatable bonds is 2. The van der Waals surface area contributed by atoms with Crippen molar-refractivity contribution in [1.82, 2.24) is 4.98 Å².